The number of nitrogens with one attached hydrogen (secondary N) is 2. The minimum Gasteiger partial charge on any atom is -0.354 e. The number of carbonyl (C=O) groups excluding carboxylic acids is 1. The SMILES string of the molecule is CN1Cc2ccccc2CC1C(=O)NCCc1nc(-c2cccnc2)n[nH]1. The molecule has 138 valence electrons. The van der Waals surface area contributed by atoms with Crippen LogP contribution in [0.25, 0.3) is 11.4 Å². The molecule has 4 rings (SSSR count). The van der Waals surface area contributed by atoms with E-state index in [-0.39, 0.29) is 11.9 Å². The molecule has 2 N–H and O–H groups in total. The maximum absolute atomic E-state index is 12.6. The van der Waals surface area contributed by atoms with Gasteiger partial charge in [0.15, 0.2) is 5.82 Å². The number of benzene rings is 1. The zero-order valence-electron chi connectivity index (χ0n) is 15.2. The molecule has 1 aliphatic heterocycles. The van der Waals surface area contributed by atoms with Crippen molar-refractivity contribution in [2.75, 3.05) is 13.6 Å². The third-order valence-electron chi connectivity index (χ3n) is 4.90. The number of hydrogen-bond donors (Lipinski definition) is 2. The van der Waals surface area contributed by atoms with Crippen molar-refractivity contribution in [1.29, 1.82) is 0 Å². The van der Waals surface area contributed by atoms with Crippen LogP contribution < -0.4 is 5.32 Å². The van der Waals surface area contributed by atoms with E-state index in [1.165, 1.54) is 11.1 Å². The Bertz CT molecular complexity index is 923. The average Bonchev–Trinajstić information content (AvgIpc) is 3.17. The first-order valence-corrected chi connectivity index (χ1v) is 9.07. The normalized spacial score (nSPS) is 16.7. The minimum absolute atomic E-state index is 0.0546. The molecule has 3 heterocycles. The van der Waals surface area contributed by atoms with Crippen LogP contribution in [0.4, 0.5) is 0 Å². The van der Waals surface area contributed by atoms with Gasteiger partial charge in [-0.1, -0.05) is 24.3 Å². The second kappa shape index (κ2) is 7.67. The van der Waals surface area contributed by atoms with E-state index in [4.69, 9.17) is 0 Å². The quantitative estimate of drug-likeness (QED) is 0.720. The molecule has 0 saturated carbocycles. The molecule has 7 heteroatoms. The number of nitrogens with zero attached hydrogens (tertiary/aromatic N) is 4. The Balaban J connectivity index is 1.32. The van der Waals surface area contributed by atoms with E-state index in [9.17, 15) is 4.79 Å². The predicted octanol–water partition coefficient (Wildman–Crippen LogP) is 1.58. The molecular formula is C20H22N6O. The molecule has 1 aromatic carbocycles. The van der Waals surface area contributed by atoms with Crippen molar-refractivity contribution in [1.82, 2.24) is 30.4 Å². The summed E-state index contributed by atoms with van der Waals surface area (Å²) in [4.78, 5) is 23.3. The van der Waals surface area contributed by atoms with Gasteiger partial charge in [0.25, 0.3) is 0 Å². The molecule has 1 aliphatic rings. The summed E-state index contributed by atoms with van der Waals surface area (Å²) in [5, 5.41) is 10.2. The summed E-state index contributed by atoms with van der Waals surface area (Å²) in [6, 6.07) is 11.9. The van der Waals surface area contributed by atoms with E-state index in [1.54, 1.807) is 12.4 Å². The Morgan fingerprint density at radius 1 is 1.26 bits per heavy atom. The van der Waals surface area contributed by atoms with Gasteiger partial charge in [-0.2, -0.15) is 5.10 Å². The largest absolute Gasteiger partial charge is 0.354 e. The molecule has 1 atom stereocenters. The van der Waals surface area contributed by atoms with E-state index in [1.807, 2.05) is 31.3 Å². The summed E-state index contributed by atoms with van der Waals surface area (Å²) in [5.41, 5.74) is 3.42. The Morgan fingerprint density at radius 2 is 2.11 bits per heavy atom. The molecule has 7 nitrogen and oxygen atoms in total. The molecule has 1 unspecified atom stereocenters. The fourth-order valence-electron chi connectivity index (χ4n) is 3.40. The van der Waals surface area contributed by atoms with Gasteiger partial charge in [0.1, 0.15) is 5.82 Å². The lowest BCUT2D eigenvalue weighted by molar-refractivity contribution is -0.126. The number of hydrogen-bond acceptors (Lipinski definition) is 5. The standard InChI is InChI=1S/C20H22N6O/c1-26-13-16-6-3-2-5-14(16)11-17(26)20(27)22-10-8-18-23-19(25-24-18)15-7-4-9-21-12-15/h2-7,9,12,17H,8,10-11,13H2,1H3,(H,22,27)(H,23,24,25). The molecule has 0 aliphatic carbocycles. The van der Waals surface area contributed by atoms with Crippen LogP contribution >= 0.6 is 0 Å². The number of aromatic nitrogens is 4. The van der Waals surface area contributed by atoms with Crippen LogP contribution in [-0.2, 0) is 24.2 Å². The zero-order valence-corrected chi connectivity index (χ0v) is 15.2. The van der Waals surface area contributed by atoms with Gasteiger partial charge in [-0.25, -0.2) is 4.98 Å². The number of pyridine rings is 1. The summed E-state index contributed by atoms with van der Waals surface area (Å²) < 4.78 is 0. The summed E-state index contributed by atoms with van der Waals surface area (Å²) in [5.74, 6) is 1.42. The third-order valence-corrected chi connectivity index (χ3v) is 4.90. The number of carbonyl (C=O) groups is 1. The van der Waals surface area contributed by atoms with Crippen LogP contribution in [0.1, 0.15) is 17.0 Å². The molecular weight excluding hydrogens is 340 g/mol. The fraction of sp³-hybridized carbons (Fsp3) is 0.300. The lowest BCUT2D eigenvalue weighted by Gasteiger charge is -2.33. The molecule has 3 aromatic rings. The highest BCUT2D eigenvalue weighted by Gasteiger charge is 2.28. The lowest BCUT2D eigenvalue weighted by atomic mass is 9.94. The van der Waals surface area contributed by atoms with Crippen molar-refractivity contribution in [2.45, 2.75) is 25.4 Å². The monoisotopic (exact) mass is 362 g/mol. The maximum atomic E-state index is 12.6. The Labute approximate surface area is 157 Å². The molecule has 2 aromatic heterocycles. The summed E-state index contributed by atoms with van der Waals surface area (Å²) in [7, 11) is 2.00. The Morgan fingerprint density at radius 3 is 2.93 bits per heavy atom. The van der Waals surface area contributed by atoms with Crippen LogP contribution in [0.15, 0.2) is 48.8 Å². The van der Waals surface area contributed by atoms with Crippen LogP contribution in [0.2, 0.25) is 0 Å². The number of H-pyrrole nitrogens is 1. The topological polar surface area (TPSA) is 86.8 Å². The second-order valence-electron chi connectivity index (χ2n) is 6.79. The van der Waals surface area contributed by atoms with E-state index in [2.05, 4.69) is 42.5 Å². The zero-order chi connectivity index (χ0) is 18.6. The predicted molar refractivity (Wildman–Crippen MR) is 102 cm³/mol. The fourth-order valence-corrected chi connectivity index (χ4v) is 3.40. The van der Waals surface area contributed by atoms with Crippen molar-refractivity contribution in [3.05, 3.63) is 65.7 Å². The highest BCUT2D eigenvalue weighted by atomic mass is 16.2. The smallest absolute Gasteiger partial charge is 0.237 e. The number of rotatable bonds is 5. The van der Waals surface area contributed by atoms with Crippen LogP contribution in [0.3, 0.4) is 0 Å². The van der Waals surface area contributed by atoms with Crippen LogP contribution in [0, 0.1) is 0 Å². The molecule has 0 saturated heterocycles. The average molecular weight is 362 g/mol. The van der Waals surface area contributed by atoms with Gasteiger partial charge in [0.2, 0.25) is 5.91 Å². The van der Waals surface area contributed by atoms with E-state index in [0.29, 0.717) is 18.8 Å². The number of aromatic amines is 1. The van der Waals surface area contributed by atoms with Crippen molar-refractivity contribution >= 4 is 5.91 Å². The van der Waals surface area contributed by atoms with E-state index >= 15 is 0 Å². The third kappa shape index (κ3) is 3.88. The lowest BCUT2D eigenvalue weighted by Crippen LogP contribution is -2.48. The number of amides is 1. The number of fused-ring (bicyclic) bond motifs is 1. The highest BCUT2D eigenvalue weighted by molar-refractivity contribution is 5.82. The molecule has 0 bridgehead atoms. The molecule has 0 radical (unpaired) electrons. The van der Waals surface area contributed by atoms with Crippen LogP contribution in [0.5, 0.6) is 0 Å². The van der Waals surface area contributed by atoms with Gasteiger partial charge < -0.3 is 5.32 Å². The van der Waals surface area contributed by atoms with Gasteiger partial charge in [-0.15, -0.1) is 0 Å². The first-order chi connectivity index (χ1) is 13.2. The van der Waals surface area contributed by atoms with Crippen LogP contribution in [-0.4, -0.2) is 50.6 Å². The van der Waals surface area contributed by atoms with Gasteiger partial charge >= 0.3 is 0 Å². The van der Waals surface area contributed by atoms with Gasteiger partial charge in [-0.05, 0) is 36.7 Å². The van der Waals surface area contributed by atoms with Gasteiger partial charge in [0, 0.05) is 37.5 Å². The summed E-state index contributed by atoms with van der Waals surface area (Å²) >= 11 is 0. The Kier molecular flexibility index (Phi) is 4.93. The van der Waals surface area contributed by atoms with Gasteiger partial charge in [-0.3, -0.25) is 19.8 Å². The number of likely N-dealkylation sites (N-methyl/N-ethyl adjacent to an activating group) is 1. The van der Waals surface area contributed by atoms with E-state index < -0.39 is 0 Å². The molecule has 0 spiro atoms. The van der Waals surface area contributed by atoms with E-state index in [0.717, 1.165) is 24.4 Å². The van der Waals surface area contributed by atoms with Gasteiger partial charge in [0.05, 0.1) is 6.04 Å². The molecule has 1 amide bonds. The highest BCUT2D eigenvalue weighted by Crippen LogP contribution is 2.21. The molecule has 0 fully saturated rings. The Hall–Kier alpha value is -3.06. The first-order valence-electron chi connectivity index (χ1n) is 9.07. The van der Waals surface area contributed by atoms with Crippen molar-refractivity contribution < 1.29 is 4.79 Å². The molecule has 27 heavy (non-hydrogen) atoms. The van der Waals surface area contributed by atoms with Crippen molar-refractivity contribution in [2.24, 2.45) is 0 Å². The van der Waals surface area contributed by atoms with Crippen molar-refractivity contribution in [3.8, 4) is 11.4 Å². The summed E-state index contributed by atoms with van der Waals surface area (Å²) in [6.07, 6.45) is 4.79. The second-order valence-corrected chi connectivity index (χ2v) is 6.79. The summed E-state index contributed by atoms with van der Waals surface area (Å²) in [6.45, 7) is 1.32. The van der Waals surface area contributed by atoms with Crippen molar-refractivity contribution in [3.63, 3.8) is 0 Å². The first kappa shape index (κ1) is 17.4. The maximum Gasteiger partial charge on any atom is 0.237 e. The minimum atomic E-state index is -0.138.